The Kier molecular flexibility index (Phi) is 4.84. The Labute approximate surface area is 153 Å². The van der Waals surface area contributed by atoms with E-state index in [1.807, 2.05) is 15.8 Å². The molecular formula is C18H27N5O3. The summed E-state index contributed by atoms with van der Waals surface area (Å²) in [5.41, 5.74) is 0.725. The zero-order valence-corrected chi connectivity index (χ0v) is 15.2. The van der Waals surface area contributed by atoms with Gasteiger partial charge in [-0.25, -0.2) is 4.79 Å². The molecule has 0 bridgehead atoms. The first-order valence-electron chi connectivity index (χ1n) is 9.55. The number of likely N-dealkylation sites (tertiary alicyclic amines) is 1. The lowest BCUT2D eigenvalue weighted by atomic mass is 9.93. The Morgan fingerprint density at radius 2 is 2.12 bits per heavy atom. The van der Waals surface area contributed by atoms with Gasteiger partial charge in [-0.3, -0.25) is 9.48 Å². The van der Waals surface area contributed by atoms with Gasteiger partial charge in [0, 0.05) is 31.8 Å². The van der Waals surface area contributed by atoms with Crippen LogP contribution in [0.5, 0.6) is 0 Å². The highest BCUT2D eigenvalue weighted by atomic mass is 16.5. The van der Waals surface area contributed by atoms with Crippen molar-refractivity contribution in [3.8, 4) is 0 Å². The SMILES string of the molecule is COC[C@@H]1C[C@H](n2cc(NC(=O)C3CC3)cn2)CN1C(=O)NC1CCC1. The standard InChI is InChI=1S/C18H27N5O3/c1-26-11-16-7-15(10-22(16)18(25)21-13-3-2-4-13)23-9-14(8-19-23)20-17(24)12-5-6-12/h8-9,12-13,15-16H,2-7,10-11H2,1H3,(H,20,24)(H,21,25)/t15-,16-/m0/s1. The second-order valence-corrected chi connectivity index (χ2v) is 7.70. The molecule has 2 heterocycles. The van der Waals surface area contributed by atoms with Crippen molar-refractivity contribution in [1.82, 2.24) is 20.0 Å². The molecule has 2 aliphatic carbocycles. The molecule has 4 rings (SSSR count). The van der Waals surface area contributed by atoms with Gasteiger partial charge in [0.15, 0.2) is 0 Å². The van der Waals surface area contributed by atoms with Crippen LogP contribution in [0, 0.1) is 5.92 Å². The van der Waals surface area contributed by atoms with Crippen LogP contribution in [-0.4, -0.2) is 59.0 Å². The number of amides is 3. The van der Waals surface area contributed by atoms with Gasteiger partial charge in [0.1, 0.15) is 0 Å². The number of hydrogen-bond acceptors (Lipinski definition) is 4. The third kappa shape index (κ3) is 3.70. The van der Waals surface area contributed by atoms with Crippen LogP contribution in [0.4, 0.5) is 10.5 Å². The fourth-order valence-corrected chi connectivity index (χ4v) is 3.68. The first-order chi connectivity index (χ1) is 12.6. The molecular weight excluding hydrogens is 334 g/mol. The first kappa shape index (κ1) is 17.3. The molecule has 8 nitrogen and oxygen atoms in total. The van der Waals surface area contributed by atoms with E-state index in [0.717, 1.165) is 37.8 Å². The number of methoxy groups -OCH3 is 1. The van der Waals surface area contributed by atoms with Crippen LogP contribution in [0.1, 0.15) is 44.6 Å². The summed E-state index contributed by atoms with van der Waals surface area (Å²) in [6.07, 6.45) is 9.63. The van der Waals surface area contributed by atoms with Gasteiger partial charge in [-0.05, 0) is 38.5 Å². The number of nitrogens with one attached hydrogen (secondary N) is 2. The van der Waals surface area contributed by atoms with Gasteiger partial charge in [0.2, 0.25) is 5.91 Å². The molecule has 0 spiro atoms. The van der Waals surface area contributed by atoms with E-state index in [1.54, 1.807) is 13.3 Å². The number of ether oxygens (including phenoxy) is 1. The van der Waals surface area contributed by atoms with Gasteiger partial charge in [-0.15, -0.1) is 0 Å². The lowest BCUT2D eigenvalue weighted by molar-refractivity contribution is -0.117. The number of aromatic nitrogens is 2. The number of carbonyl (C=O) groups excluding carboxylic acids is 2. The first-order valence-corrected chi connectivity index (χ1v) is 9.55. The monoisotopic (exact) mass is 361 g/mol. The average Bonchev–Trinajstić information content (AvgIpc) is 3.20. The van der Waals surface area contributed by atoms with Crippen molar-refractivity contribution >= 4 is 17.6 Å². The normalized spacial score (nSPS) is 25.8. The molecule has 1 saturated heterocycles. The van der Waals surface area contributed by atoms with Crippen LogP contribution in [0.2, 0.25) is 0 Å². The lowest BCUT2D eigenvalue weighted by Crippen LogP contribution is -2.49. The summed E-state index contributed by atoms with van der Waals surface area (Å²) < 4.78 is 7.18. The van der Waals surface area contributed by atoms with Crippen LogP contribution in [0.15, 0.2) is 12.4 Å². The molecule has 142 valence electrons. The van der Waals surface area contributed by atoms with E-state index in [-0.39, 0.29) is 29.9 Å². The van der Waals surface area contributed by atoms with Crippen LogP contribution >= 0.6 is 0 Å². The molecule has 2 atom stereocenters. The molecule has 26 heavy (non-hydrogen) atoms. The van der Waals surface area contributed by atoms with Crippen molar-refractivity contribution in [1.29, 1.82) is 0 Å². The highest BCUT2D eigenvalue weighted by Gasteiger charge is 2.38. The molecule has 3 amide bonds. The van der Waals surface area contributed by atoms with E-state index in [9.17, 15) is 9.59 Å². The van der Waals surface area contributed by atoms with Gasteiger partial charge in [-0.1, -0.05) is 0 Å². The molecule has 0 aromatic carbocycles. The van der Waals surface area contributed by atoms with Gasteiger partial charge in [0.25, 0.3) is 0 Å². The molecule has 3 fully saturated rings. The predicted octanol–water partition coefficient (Wildman–Crippen LogP) is 1.76. The Bertz CT molecular complexity index is 668. The molecule has 1 aromatic rings. The minimum Gasteiger partial charge on any atom is -0.383 e. The number of hydrogen-bond donors (Lipinski definition) is 2. The maximum absolute atomic E-state index is 12.6. The molecule has 8 heteroatoms. The number of anilines is 1. The van der Waals surface area contributed by atoms with Crippen molar-refractivity contribution in [2.24, 2.45) is 5.92 Å². The summed E-state index contributed by atoms with van der Waals surface area (Å²) >= 11 is 0. The quantitative estimate of drug-likeness (QED) is 0.808. The molecule has 1 aliphatic heterocycles. The minimum absolute atomic E-state index is 0.00587. The maximum atomic E-state index is 12.6. The smallest absolute Gasteiger partial charge is 0.318 e. The van der Waals surface area contributed by atoms with E-state index >= 15 is 0 Å². The summed E-state index contributed by atoms with van der Waals surface area (Å²) in [5, 5.41) is 10.4. The largest absolute Gasteiger partial charge is 0.383 e. The summed E-state index contributed by atoms with van der Waals surface area (Å²) in [6, 6.07) is 0.444. The Hall–Kier alpha value is -2.09. The molecule has 0 unspecified atom stereocenters. The summed E-state index contributed by atoms with van der Waals surface area (Å²) in [4.78, 5) is 26.4. The fourth-order valence-electron chi connectivity index (χ4n) is 3.68. The summed E-state index contributed by atoms with van der Waals surface area (Å²) in [6.45, 7) is 1.12. The van der Waals surface area contributed by atoms with Crippen LogP contribution in [0.3, 0.4) is 0 Å². The fraction of sp³-hybridized carbons (Fsp3) is 0.722. The molecule has 1 aromatic heterocycles. The third-order valence-corrected chi connectivity index (χ3v) is 5.64. The van der Waals surface area contributed by atoms with Gasteiger partial charge in [0.05, 0.1) is 30.6 Å². The molecule has 2 N–H and O–H groups in total. The number of urea groups is 1. The van der Waals surface area contributed by atoms with Gasteiger partial charge < -0.3 is 20.3 Å². The van der Waals surface area contributed by atoms with E-state index in [4.69, 9.17) is 4.74 Å². The highest BCUT2D eigenvalue weighted by molar-refractivity contribution is 5.93. The van der Waals surface area contributed by atoms with E-state index in [0.29, 0.717) is 19.2 Å². The van der Waals surface area contributed by atoms with Crippen LogP contribution in [0.25, 0.3) is 0 Å². The Balaban J connectivity index is 1.39. The van der Waals surface area contributed by atoms with Crippen molar-refractivity contribution in [3.63, 3.8) is 0 Å². The van der Waals surface area contributed by atoms with E-state index in [1.165, 1.54) is 6.42 Å². The van der Waals surface area contributed by atoms with E-state index < -0.39 is 0 Å². The van der Waals surface area contributed by atoms with E-state index in [2.05, 4.69) is 15.7 Å². The molecule has 3 aliphatic rings. The molecule has 0 radical (unpaired) electrons. The third-order valence-electron chi connectivity index (χ3n) is 5.64. The second kappa shape index (κ2) is 7.26. The Morgan fingerprint density at radius 1 is 1.31 bits per heavy atom. The minimum atomic E-state index is -0.00587. The zero-order valence-electron chi connectivity index (χ0n) is 15.2. The number of nitrogens with zero attached hydrogens (tertiary/aromatic N) is 3. The summed E-state index contributed by atoms with van der Waals surface area (Å²) in [5.74, 6) is 0.247. The topological polar surface area (TPSA) is 88.5 Å². The van der Waals surface area contributed by atoms with Crippen molar-refractivity contribution < 1.29 is 14.3 Å². The summed E-state index contributed by atoms with van der Waals surface area (Å²) in [7, 11) is 1.66. The van der Waals surface area contributed by atoms with Crippen molar-refractivity contribution in [2.75, 3.05) is 25.6 Å². The lowest BCUT2D eigenvalue weighted by Gasteiger charge is -2.31. The second-order valence-electron chi connectivity index (χ2n) is 7.70. The zero-order chi connectivity index (χ0) is 18.1. The molecule has 2 saturated carbocycles. The highest BCUT2D eigenvalue weighted by Crippen LogP contribution is 2.31. The predicted molar refractivity (Wildman–Crippen MR) is 95.8 cm³/mol. The van der Waals surface area contributed by atoms with Gasteiger partial charge >= 0.3 is 6.03 Å². The van der Waals surface area contributed by atoms with Crippen LogP contribution in [-0.2, 0) is 9.53 Å². The average molecular weight is 361 g/mol. The van der Waals surface area contributed by atoms with Crippen molar-refractivity contribution in [3.05, 3.63) is 12.4 Å². The maximum Gasteiger partial charge on any atom is 0.318 e. The van der Waals surface area contributed by atoms with Gasteiger partial charge in [-0.2, -0.15) is 5.10 Å². The number of rotatable bonds is 6. The number of carbonyl (C=O) groups is 2. The van der Waals surface area contributed by atoms with Crippen molar-refractivity contribution in [2.45, 2.75) is 56.7 Å². The Morgan fingerprint density at radius 3 is 2.77 bits per heavy atom. The van der Waals surface area contributed by atoms with Crippen LogP contribution < -0.4 is 10.6 Å².